The molecule has 19 heavy (non-hydrogen) atoms. The molecule has 0 heterocycles. The lowest BCUT2D eigenvalue weighted by atomic mass is 10.1. The van der Waals surface area contributed by atoms with Crippen LogP contribution in [-0.4, -0.2) is 36.0 Å². The summed E-state index contributed by atoms with van der Waals surface area (Å²) in [6, 6.07) is 7.04. The summed E-state index contributed by atoms with van der Waals surface area (Å²) in [6.45, 7) is 5.77. The van der Waals surface area contributed by atoms with Gasteiger partial charge in [0.1, 0.15) is 6.54 Å². The molecule has 1 aromatic carbocycles. The van der Waals surface area contributed by atoms with E-state index < -0.39 is 0 Å². The van der Waals surface area contributed by atoms with Gasteiger partial charge in [-0.1, -0.05) is 22.0 Å². The summed E-state index contributed by atoms with van der Waals surface area (Å²) in [5.74, 6) is -0.566. The lowest BCUT2D eigenvalue weighted by molar-refractivity contribution is -0.144. The van der Waals surface area contributed by atoms with Crippen molar-refractivity contribution in [3.63, 3.8) is 0 Å². The van der Waals surface area contributed by atoms with Crippen molar-refractivity contribution in [2.24, 2.45) is 0 Å². The lowest BCUT2D eigenvalue weighted by Gasteiger charge is -2.25. The Balaban J connectivity index is 2.87. The van der Waals surface area contributed by atoms with Gasteiger partial charge in [0.05, 0.1) is 6.61 Å². The molecule has 0 aliphatic rings. The highest BCUT2D eigenvalue weighted by Gasteiger charge is 2.22. The van der Waals surface area contributed by atoms with Crippen LogP contribution in [0.25, 0.3) is 0 Å². The lowest BCUT2D eigenvalue weighted by Crippen LogP contribution is -2.41. The molecule has 0 atom stereocenters. The van der Waals surface area contributed by atoms with E-state index in [4.69, 9.17) is 4.74 Å². The van der Waals surface area contributed by atoms with Crippen molar-refractivity contribution in [1.82, 2.24) is 4.90 Å². The molecule has 0 N–H and O–H groups in total. The summed E-state index contributed by atoms with van der Waals surface area (Å²) < 4.78 is 5.72. The Kier molecular flexibility index (Phi) is 6.02. The molecule has 0 aromatic heterocycles. The van der Waals surface area contributed by atoms with Gasteiger partial charge in [0.15, 0.2) is 0 Å². The Morgan fingerprint density at radius 2 is 2.05 bits per heavy atom. The predicted molar refractivity (Wildman–Crippen MR) is 76.9 cm³/mol. The maximum absolute atomic E-state index is 12.4. The van der Waals surface area contributed by atoms with Crippen molar-refractivity contribution >= 4 is 27.8 Å². The number of esters is 1. The van der Waals surface area contributed by atoms with Crippen LogP contribution in [-0.2, 0) is 9.53 Å². The predicted octanol–water partition coefficient (Wildman–Crippen LogP) is 2.86. The second kappa shape index (κ2) is 7.28. The second-order valence-corrected chi connectivity index (χ2v) is 5.26. The molecule has 1 rings (SSSR count). The molecule has 0 saturated heterocycles. The average molecular weight is 328 g/mol. The van der Waals surface area contributed by atoms with E-state index in [2.05, 4.69) is 15.9 Å². The SMILES string of the molecule is CCOC(=O)CN(C(=O)c1cccc(Br)c1)C(C)C. The zero-order valence-corrected chi connectivity index (χ0v) is 12.9. The molecule has 0 bridgehead atoms. The number of amides is 1. The molecule has 1 aromatic rings. The summed E-state index contributed by atoms with van der Waals surface area (Å²) >= 11 is 3.33. The fourth-order valence-corrected chi connectivity index (χ4v) is 2.02. The minimum atomic E-state index is -0.389. The third kappa shape index (κ3) is 4.67. The van der Waals surface area contributed by atoms with Gasteiger partial charge in [0.2, 0.25) is 0 Å². The molecule has 0 unspecified atom stereocenters. The molecule has 0 aliphatic carbocycles. The van der Waals surface area contributed by atoms with Gasteiger partial charge in [-0.05, 0) is 39.0 Å². The third-order valence-electron chi connectivity index (χ3n) is 2.56. The summed E-state index contributed by atoms with van der Waals surface area (Å²) in [5, 5.41) is 0. The van der Waals surface area contributed by atoms with E-state index in [1.807, 2.05) is 19.9 Å². The first-order chi connectivity index (χ1) is 8.95. The highest BCUT2D eigenvalue weighted by Crippen LogP contribution is 2.15. The van der Waals surface area contributed by atoms with Gasteiger partial charge >= 0.3 is 5.97 Å². The van der Waals surface area contributed by atoms with Gasteiger partial charge in [0, 0.05) is 16.1 Å². The summed E-state index contributed by atoms with van der Waals surface area (Å²) in [4.78, 5) is 25.4. The van der Waals surface area contributed by atoms with Gasteiger partial charge in [0.25, 0.3) is 5.91 Å². The number of benzene rings is 1. The number of hydrogen-bond acceptors (Lipinski definition) is 3. The molecule has 5 heteroatoms. The molecule has 1 amide bonds. The van der Waals surface area contributed by atoms with Gasteiger partial charge in [-0.25, -0.2) is 0 Å². The zero-order chi connectivity index (χ0) is 14.4. The van der Waals surface area contributed by atoms with E-state index in [0.29, 0.717) is 12.2 Å². The Bertz CT molecular complexity index is 460. The largest absolute Gasteiger partial charge is 0.465 e. The Morgan fingerprint density at radius 1 is 1.37 bits per heavy atom. The second-order valence-electron chi connectivity index (χ2n) is 4.34. The molecule has 104 valence electrons. The van der Waals surface area contributed by atoms with Crippen molar-refractivity contribution in [1.29, 1.82) is 0 Å². The smallest absolute Gasteiger partial charge is 0.325 e. The molecule has 0 saturated carbocycles. The minimum absolute atomic E-state index is 0.0309. The van der Waals surface area contributed by atoms with Crippen LogP contribution in [0.3, 0.4) is 0 Å². The van der Waals surface area contributed by atoms with E-state index >= 15 is 0 Å². The number of carbonyl (C=O) groups is 2. The van der Waals surface area contributed by atoms with Crippen molar-refractivity contribution in [3.05, 3.63) is 34.3 Å². The molecule has 0 radical (unpaired) electrons. The average Bonchev–Trinajstić information content (AvgIpc) is 2.35. The fourth-order valence-electron chi connectivity index (χ4n) is 1.62. The number of nitrogens with zero attached hydrogens (tertiary/aromatic N) is 1. The zero-order valence-electron chi connectivity index (χ0n) is 11.4. The van der Waals surface area contributed by atoms with Gasteiger partial charge in [-0.15, -0.1) is 0 Å². The molecular weight excluding hydrogens is 310 g/mol. The molecule has 0 spiro atoms. The Labute approximate surface area is 121 Å². The first-order valence-electron chi connectivity index (χ1n) is 6.17. The number of hydrogen-bond donors (Lipinski definition) is 0. The molecule has 0 fully saturated rings. The fraction of sp³-hybridized carbons (Fsp3) is 0.429. The van der Waals surface area contributed by atoms with E-state index in [-0.39, 0.29) is 24.5 Å². The van der Waals surface area contributed by atoms with E-state index in [0.717, 1.165) is 4.47 Å². The van der Waals surface area contributed by atoms with E-state index in [9.17, 15) is 9.59 Å². The number of rotatable bonds is 5. The summed E-state index contributed by atoms with van der Waals surface area (Å²) in [7, 11) is 0. The van der Waals surface area contributed by atoms with Gasteiger partial charge in [-0.3, -0.25) is 9.59 Å². The van der Waals surface area contributed by atoms with Crippen LogP contribution in [0.2, 0.25) is 0 Å². The van der Waals surface area contributed by atoms with Crippen LogP contribution >= 0.6 is 15.9 Å². The molecule has 4 nitrogen and oxygen atoms in total. The van der Waals surface area contributed by atoms with E-state index in [1.165, 1.54) is 4.90 Å². The van der Waals surface area contributed by atoms with Gasteiger partial charge in [-0.2, -0.15) is 0 Å². The minimum Gasteiger partial charge on any atom is -0.465 e. The molecule has 0 aliphatic heterocycles. The van der Waals surface area contributed by atoms with Gasteiger partial charge < -0.3 is 9.64 Å². The van der Waals surface area contributed by atoms with Crippen molar-refractivity contribution < 1.29 is 14.3 Å². The van der Waals surface area contributed by atoms with Crippen LogP contribution in [0.5, 0.6) is 0 Å². The van der Waals surface area contributed by atoms with Crippen molar-refractivity contribution in [2.75, 3.05) is 13.2 Å². The Morgan fingerprint density at radius 3 is 2.58 bits per heavy atom. The van der Waals surface area contributed by atoms with Crippen LogP contribution in [0.15, 0.2) is 28.7 Å². The van der Waals surface area contributed by atoms with E-state index in [1.54, 1.807) is 25.1 Å². The number of ether oxygens (including phenoxy) is 1. The third-order valence-corrected chi connectivity index (χ3v) is 3.05. The number of carbonyl (C=O) groups excluding carboxylic acids is 2. The topological polar surface area (TPSA) is 46.6 Å². The van der Waals surface area contributed by atoms with Crippen molar-refractivity contribution in [2.45, 2.75) is 26.8 Å². The van der Waals surface area contributed by atoms with Crippen LogP contribution in [0.1, 0.15) is 31.1 Å². The van der Waals surface area contributed by atoms with Crippen LogP contribution in [0.4, 0.5) is 0 Å². The highest BCUT2D eigenvalue weighted by atomic mass is 79.9. The standard InChI is InChI=1S/C14H18BrNO3/c1-4-19-13(17)9-16(10(2)3)14(18)11-6-5-7-12(15)8-11/h5-8,10H,4,9H2,1-3H3. The first kappa shape index (κ1) is 15.7. The normalized spacial score (nSPS) is 10.4. The van der Waals surface area contributed by atoms with Crippen LogP contribution < -0.4 is 0 Å². The highest BCUT2D eigenvalue weighted by molar-refractivity contribution is 9.10. The Hall–Kier alpha value is -1.36. The maximum atomic E-state index is 12.4. The quantitative estimate of drug-likeness (QED) is 0.781. The summed E-state index contributed by atoms with van der Waals surface area (Å²) in [5.41, 5.74) is 0.548. The number of halogens is 1. The first-order valence-corrected chi connectivity index (χ1v) is 6.97. The summed E-state index contributed by atoms with van der Waals surface area (Å²) in [6.07, 6.45) is 0. The molecular formula is C14H18BrNO3. The van der Waals surface area contributed by atoms with Crippen molar-refractivity contribution in [3.8, 4) is 0 Å². The maximum Gasteiger partial charge on any atom is 0.325 e. The van der Waals surface area contributed by atoms with Crippen LogP contribution in [0, 0.1) is 0 Å². The monoisotopic (exact) mass is 327 g/mol.